The van der Waals surface area contributed by atoms with Crippen molar-refractivity contribution in [1.29, 1.82) is 0 Å². The molecule has 1 amide bonds. The molecule has 0 unspecified atom stereocenters. The van der Waals surface area contributed by atoms with Crippen LogP contribution in [-0.4, -0.2) is 55.0 Å². The average Bonchev–Trinajstić information content (AvgIpc) is 2.83. The monoisotopic (exact) mass is 372 g/mol. The maximum Gasteiger partial charge on any atom is 0.341 e. The highest BCUT2D eigenvalue weighted by Crippen LogP contribution is 2.34. The molecule has 1 rings (SSSR count). The predicted octanol–water partition coefficient (Wildman–Crippen LogP) is 3.42. The van der Waals surface area contributed by atoms with Gasteiger partial charge in [0, 0.05) is 16.7 Å². The van der Waals surface area contributed by atoms with Gasteiger partial charge in [-0.15, -0.1) is 11.3 Å². The molecule has 0 aromatic carbocycles. The molecule has 1 N–H and O–H groups in total. The highest BCUT2D eigenvalue weighted by molar-refractivity contribution is 7.98. The van der Waals surface area contributed by atoms with E-state index in [1.54, 1.807) is 18.7 Å². The Bertz CT molecular complexity index is 572. The molecule has 7 heteroatoms. The molecule has 0 aliphatic rings. The van der Waals surface area contributed by atoms with Gasteiger partial charge in [-0.3, -0.25) is 9.69 Å². The van der Waals surface area contributed by atoms with Crippen molar-refractivity contribution in [3.8, 4) is 0 Å². The molecule has 1 aromatic heterocycles. The minimum atomic E-state index is -0.370. The third-order valence-corrected chi connectivity index (χ3v) is 6.02. The van der Waals surface area contributed by atoms with Crippen molar-refractivity contribution >= 4 is 40.0 Å². The zero-order chi connectivity index (χ0) is 18.3. The number of nitrogens with zero attached hydrogens (tertiary/aromatic N) is 1. The topological polar surface area (TPSA) is 58.6 Å². The molecular formula is C17H28N2O3S2. The summed E-state index contributed by atoms with van der Waals surface area (Å²) >= 11 is 3.22. The Morgan fingerprint density at radius 3 is 2.58 bits per heavy atom. The number of ether oxygens (including phenoxy) is 1. The first kappa shape index (κ1) is 21.0. The summed E-state index contributed by atoms with van der Waals surface area (Å²) in [5.41, 5.74) is 1.40. The van der Waals surface area contributed by atoms with Crippen LogP contribution in [0.5, 0.6) is 0 Å². The van der Waals surface area contributed by atoms with Gasteiger partial charge in [0.2, 0.25) is 5.91 Å². The fourth-order valence-electron chi connectivity index (χ4n) is 2.35. The van der Waals surface area contributed by atoms with E-state index in [2.05, 4.69) is 18.5 Å². The molecule has 0 saturated heterocycles. The van der Waals surface area contributed by atoms with Crippen molar-refractivity contribution in [2.75, 3.05) is 37.5 Å². The Balaban J connectivity index is 2.89. The Morgan fingerprint density at radius 2 is 2.04 bits per heavy atom. The molecule has 0 aliphatic carbocycles. The van der Waals surface area contributed by atoms with Crippen LogP contribution in [0.3, 0.4) is 0 Å². The summed E-state index contributed by atoms with van der Waals surface area (Å²) < 4.78 is 5.14. The number of rotatable bonds is 9. The molecule has 1 atom stereocenters. The van der Waals surface area contributed by atoms with Crippen LogP contribution in [0.4, 0.5) is 5.00 Å². The van der Waals surface area contributed by atoms with Gasteiger partial charge >= 0.3 is 5.97 Å². The first-order chi connectivity index (χ1) is 11.3. The molecule has 0 bridgehead atoms. The molecule has 0 radical (unpaired) electrons. The number of carbonyl (C=O) groups is 2. The van der Waals surface area contributed by atoms with Crippen molar-refractivity contribution in [2.45, 2.75) is 40.2 Å². The number of thioether (sulfide) groups is 1. The average molecular weight is 373 g/mol. The van der Waals surface area contributed by atoms with Crippen LogP contribution in [0.25, 0.3) is 0 Å². The van der Waals surface area contributed by atoms with E-state index in [4.69, 9.17) is 4.74 Å². The van der Waals surface area contributed by atoms with Crippen LogP contribution < -0.4 is 5.32 Å². The normalized spacial score (nSPS) is 12.3. The molecule has 1 aromatic rings. The van der Waals surface area contributed by atoms with E-state index >= 15 is 0 Å². The van der Waals surface area contributed by atoms with Crippen LogP contribution in [0.15, 0.2) is 0 Å². The molecule has 0 aliphatic heterocycles. The summed E-state index contributed by atoms with van der Waals surface area (Å²) in [6.07, 6.45) is 2.88. The summed E-state index contributed by atoms with van der Waals surface area (Å²) in [4.78, 5) is 27.7. The Morgan fingerprint density at radius 1 is 1.38 bits per heavy atom. The second kappa shape index (κ2) is 10.1. The number of hydrogen-bond acceptors (Lipinski definition) is 6. The third kappa shape index (κ3) is 5.50. The molecule has 24 heavy (non-hydrogen) atoms. The smallest absolute Gasteiger partial charge is 0.341 e. The summed E-state index contributed by atoms with van der Waals surface area (Å²) in [5, 5.41) is 3.50. The number of esters is 1. The van der Waals surface area contributed by atoms with Gasteiger partial charge in [0.1, 0.15) is 5.00 Å². The second-order valence-electron chi connectivity index (χ2n) is 5.70. The molecule has 0 spiro atoms. The molecule has 5 nitrogen and oxygen atoms in total. The van der Waals surface area contributed by atoms with Crippen molar-refractivity contribution in [3.05, 3.63) is 16.0 Å². The van der Waals surface area contributed by atoms with Crippen molar-refractivity contribution in [3.63, 3.8) is 0 Å². The standard InChI is InChI=1S/C17H28N2O3S2/c1-7-13-12(4)15(17(21)22-8-2)16(24-13)18-14(20)9-19(5)11(3)10-23-6/h11H,7-10H2,1-6H3,(H,18,20)/t11-/m1/s1. The fourth-order valence-corrected chi connectivity index (χ4v) is 4.24. The lowest BCUT2D eigenvalue weighted by Crippen LogP contribution is -2.37. The van der Waals surface area contributed by atoms with Crippen LogP contribution in [-0.2, 0) is 16.0 Å². The van der Waals surface area contributed by atoms with Gasteiger partial charge in [-0.1, -0.05) is 6.92 Å². The van der Waals surface area contributed by atoms with Crippen molar-refractivity contribution in [2.24, 2.45) is 0 Å². The van der Waals surface area contributed by atoms with E-state index in [1.165, 1.54) is 11.3 Å². The largest absolute Gasteiger partial charge is 0.462 e. The van der Waals surface area contributed by atoms with Crippen LogP contribution in [0.1, 0.15) is 41.6 Å². The van der Waals surface area contributed by atoms with Crippen molar-refractivity contribution < 1.29 is 14.3 Å². The highest BCUT2D eigenvalue weighted by atomic mass is 32.2. The van der Waals surface area contributed by atoms with Crippen LogP contribution in [0.2, 0.25) is 0 Å². The van der Waals surface area contributed by atoms with E-state index < -0.39 is 0 Å². The van der Waals surface area contributed by atoms with E-state index in [-0.39, 0.29) is 11.9 Å². The zero-order valence-corrected chi connectivity index (χ0v) is 17.0. The number of anilines is 1. The number of likely N-dealkylation sites (N-methyl/N-ethyl adjacent to an activating group) is 1. The van der Waals surface area contributed by atoms with E-state index in [1.807, 2.05) is 25.8 Å². The van der Waals surface area contributed by atoms with Gasteiger partial charge in [-0.05, 0) is 46.1 Å². The highest BCUT2D eigenvalue weighted by Gasteiger charge is 2.23. The number of amides is 1. The second-order valence-corrected chi connectivity index (χ2v) is 7.71. The minimum absolute atomic E-state index is 0.111. The summed E-state index contributed by atoms with van der Waals surface area (Å²) in [6, 6.07) is 0.312. The molecule has 0 fully saturated rings. The number of carbonyl (C=O) groups excluding carboxylic acids is 2. The number of thiophene rings is 1. The van der Waals surface area contributed by atoms with Gasteiger partial charge < -0.3 is 10.1 Å². The Labute approximate surface area is 153 Å². The van der Waals surface area contributed by atoms with Gasteiger partial charge in [-0.25, -0.2) is 4.79 Å². The lowest BCUT2D eigenvalue weighted by molar-refractivity contribution is -0.117. The zero-order valence-electron chi connectivity index (χ0n) is 15.4. The van der Waals surface area contributed by atoms with Gasteiger partial charge in [0.05, 0.1) is 18.7 Å². The molecule has 0 saturated carbocycles. The third-order valence-electron chi connectivity index (χ3n) is 3.85. The first-order valence-corrected chi connectivity index (χ1v) is 10.3. The Hall–Kier alpha value is -1.05. The van der Waals surface area contributed by atoms with Crippen LogP contribution >= 0.6 is 23.1 Å². The van der Waals surface area contributed by atoms with Gasteiger partial charge in [-0.2, -0.15) is 11.8 Å². The van der Waals surface area contributed by atoms with E-state index in [0.717, 1.165) is 22.6 Å². The molecule has 136 valence electrons. The fraction of sp³-hybridized carbons (Fsp3) is 0.647. The van der Waals surface area contributed by atoms with Gasteiger partial charge in [0.25, 0.3) is 0 Å². The van der Waals surface area contributed by atoms with E-state index in [0.29, 0.717) is 29.8 Å². The lowest BCUT2D eigenvalue weighted by Gasteiger charge is -2.23. The summed E-state index contributed by atoms with van der Waals surface area (Å²) in [6.45, 7) is 8.43. The summed E-state index contributed by atoms with van der Waals surface area (Å²) in [5.74, 6) is 0.487. The number of nitrogens with one attached hydrogen (secondary N) is 1. The maximum atomic E-state index is 12.4. The lowest BCUT2D eigenvalue weighted by atomic mass is 10.1. The number of hydrogen-bond donors (Lipinski definition) is 1. The van der Waals surface area contributed by atoms with Crippen molar-refractivity contribution in [1.82, 2.24) is 4.90 Å². The maximum absolute atomic E-state index is 12.4. The SMILES string of the molecule is CCOC(=O)c1c(NC(=O)CN(C)[C@H](C)CSC)sc(CC)c1C. The minimum Gasteiger partial charge on any atom is -0.462 e. The first-order valence-electron chi connectivity index (χ1n) is 8.13. The van der Waals surface area contributed by atoms with Crippen LogP contribution in [0, 0.1) is 6.92 Å². The molecule has 1 heterocycles. The summed E-state index contributed by atoms with van der Waals surface area (Å²) in [7, 11) is 1.93. The Kier molecular flexibility index (Phi) is 8.80. The number of aryl methyl sites for hydroxylation is 1. The van der Waals surface area contributed by atoms with E-state index in [9.17, 15) is 9.59 Å². The predicted molar refractivity (Wildman–Crippen MR) is 103 cm³/mol. The quantitative estimate of drug-likeness (QED) is 0.673. The van der Waals surface area contributed by atoms with Gasteiger partial charge in [0.15, 0.2) is 0 Å². The molecular weight excluding hydrogens is 344 g/mol.